The second kappa shape index (κ2) is 6.68. The van der Waals surface area contributed by atoms with Crippen LogP contribution in [0.4, 0.5) is 0 Å². The van der Waals surface area contributed by atoms with Crippen molar-refractivity contribution in [2.75, 3.05) is 0 Å². The van der Waals surface area contributed by atoms with Gasteiger partial charge in [0.1, 0.15) is 5.75 Å². The Morgan fingerprint density at radius 2 is 1.95 bits per heavy atom. The number of benzene rings is 1. The fraction of sp³-hybridized carbons (Fsp3) is 0.412. The summed E-state index contributed by atoms with van der Waals surface area (Å²) in [7, 11) is 0. The summed E-state index contributed by atoms with van der Waals surface area (Å²) in [6.07, 6.45) is 0.964. The maximum atomic E-state index is 6.44. The minimum Gasteiger partial charge on any atom is -0.491 e. The number of aromatic nitrogens is 2. The molecule has 1 aromatic carbocycles. The zero-order chi connectivity index (χ0) is 15.4. The van der Waals surface area contributed by atoms with Crippen LogP contribution >= 0.6 is 0 Å². The zero-order valence-corrected chi connectivity index (χ0v) is 13.1. The lowest BCUT2D eigenvalue weighted by Crippen LogP contribution is -2.16. The second-order valence-corrected chi connectivity index (χ2v) is 5.46. The summed E-state index contributed by atoms with van der Waals surface area (Å²) in [5, 5.41) is 8.37. The van der Waals surface area contributed by atoms with Crippen LogP contribution in [-0.4, -0.2) is 16.3 Å². The Balaban J connectivity index is 2.35. The van der Waals surface area contributed by atoms with Crippen molar-refractivity contribution < 1.29 is 4.74 Å². The molecular weight excluding hydrogens is 262 g/mol. The smallest absolute Gasteiger partial charge is 0.120 e. The lowest BCUT2D eigenvalue weighted by Gasteiger charge is -2.17. The molecule has 1 atom stereocenters. The first-order valence-electron chi connectivity index (χ1n) is 7.36. The molecule has 0 spiro atoms. The summed E-state index contributed by atoms with van der Waals surface area (Å²) in [6, 6.07) is 9.75. The van der Waals surface area contributed by atoms with Crippen molar-refractivity contribution in [2.24, 2.45) is 5.73 Å². The Hall–Kier alpha value is -1.94. The molecule has 0 aliphatic rings. The van der Waals surface area contributed by atoms with Crippen molar-refractivity contribution in [2.45, 2.75) is 46.3 Å². The highest BCUT2D eigenvalue weighted by atomic mass is 16.5. The molecule has 1 heterocycles. The number of nitrogens with zero attached hydrogens (tertiary/aromatic N) is 2. The molecule has 0 bridgehead atoms. The van der Waals surface area contributed by atoms with Crippen LogP contribution < -0.4 is 10.5 Å². The molecule has 21 heavy (non-hydrogen) atoms. The third-order valence-electron chi connectivity index (χ3n) is 3.29. The first-order valence-corrected chi connectivity index (χ1v) is 7.36. The molecule has 0 radical (unpaired) electrons. The normalized spacial score (nSPS) is 12.5. The van der Waals surface area contributed by atoms with Crippen LogP contribution in [0.5, 0.6) is 5.75 Å². The molecule has 0 fully saturated rings. The summed E-state index contributed by atoms with van der Waals surface area (Å²) in [5.74, 6) is 0.842. The molecule has 0 saturated heterocycles. The van der Waals surface area contributed by atoms with Gasteiger partial charge in [-0.1, -0.05) is 19.1 Å². The summed E-state index contributed by atoms with van der Waals surface area (Å²) in [4.78, 5) is 0. The highest BCUT2D eigenvalue weighted by Gasteiger charge is 2.15. The lowest BCUT2D eigenvalue weighted by atomic mass is 9.97. The third kappa shape index (κ3) is 3.79. The van der Waals surface area contributed by atoms with Gasteiger partial charge < -0.3 is 10.5 Å². The van der Waals surface area contributed by atoms with Crippen LogP contribution in [0.1, 0.15) is 49.3 Å². The molecule has 0 aliphatic carbocycles. The van der Waals surface area contributed by atoms with Gasteiger partial charge in [0.15, 0.2) is 0 Å². The van der Waals surface area contributed by atoms with E-state index in [2.05, 4.69) is 17.1 Å². The van der Waals surface area contributed by atoms with Gasteiger partial charge in [-0.05, 0) is 56.5 Å². The number of aryl methyl sites for hydroxylation is 2. The van der Waals surface area contributed by atoms with Gasteiger partial charge in [-0.25, -0.2) is 0 Å². The molecule has 2 rings (SSSR count). The lowest BCUT2D eigenvalue weighted by molar-refractivity contribution is 0.242. The average Bonchev–Trinajstić information content (AvgIpc) is 2.46. The second-order valence-electron chi connectivity index (χ2n) is 5.46. The van der Waals surface area contributed by atoms with Crippen LogP contribution in [0.25, 0.3) is 0 Å². The monoisotopic (exact) mass is 285 g/mol. The molecule has 1 aromatic heterocycles. The van der Waals surface area contributed by atoms with Crippen molar-refractivity contribution >= 4 is 0 Å². The number of hydrogen-bond donors (Lipinski definition) is 1. The Morgan fingerprint density at radius 1 is 1.19 bits per heavy atom. The van der Waals surface area contributed by atoms with Crippen molar-refractivity contribution in [3.63, 3.8) is 0 Å². The SMILES string of the molecule is CCc1nnc(C)cc1C(N)c1cccc(OC(C)C)c1. The minimum atomic E-state index is -0.218. The van der Waals surface area contributed by atoms with Crippen molar-refractivity contribution in [1.29, 1.82) is 0 Å². The molecule has 0 amide bonds. The van der Waals surface area contributed by atoms with Crippen LogP contribution in [0.15, 0.2) is 30.3 Å². The first-order chi connectivity index (χ1) is 10.0. The summed E-state index contributed by atoms with van der Waals surface area (Å²) < 4.78 is 5.74. The van der Waals surface area contributed by atoms with E-state index in [1.165, 1.54) is 0 Å². The third-order valence-corrected chi connectivity index (χ3v) is 3.29. The van der Waals surface area contributed by atoms with Crippen LogP contribution in [-0.2, 0) is 6.42 Å². The van der Waals surface area contributed by atoms with E-state index in [1.807, 2.05) is 51.1 Å². The molecule has 2 aromatic rings. The largest absolute Gasteiger partial charge is 0.491 e. The number of ether oxygens (including phenoxy) is 1. The molecule has 4 nitrogen and oxygen atoms in total. The molecule has 4 heteroatoms. The van der Waals surface area contributed by atoms with Gasteiger partial charge in [-0.3, -0.25) is 0 Å². The van der Waals surface area contributed by atoms with E-state index in [4.69, 9.17) is 10.5 Å². The quantitative estimate of drug-likeness (QED) is 0.916. The predicted octanol–water partition coefficient (Wildman–Crippen LogP) is 3.18. The van der Waals surface area contributed by atoms with E-state index in [0.717, 1.165) is 34.7 Å². The minimum absolute atomic E-state index is 0.146. The van der Waals surface area contributed by atoms with Gasteiger partial charge in [0.05, 0.1) is 23.5 Å². The zero-order valence-electron chi connectivity index (χ0n) is 13.1. The topological polar surface area (TPSA) is 61.0 Å². The van der Waals surface area contributed by atoms with Crippen LogP contribution in [0.3, 0.4) is 0 Å². The molecule has 0 saturated carbocycles. The van der Waals surface area contributed by atoms with Crippen molar-refractivity contribution in [3.05, 3.63) is 52.8 Å². The fourth-order valence-electron chi connectivity index (χ4n) is 2.31. The Bertz CT molecular complexity index is 611. The Kier molecular flexibility index (Phi) is 4.91. The first kappa shape index (κ1) is 15.4. The van der Waals surface area contributed by atoms with Crippen LogP contribution in [0.2, 0.25) is 0 Å². The van der Waals surface area contributed by atoms with E-state index in [1.54, 1.807) is 0 Å². The van der Waals surface area contributed by atoms with Gasteiger partial charge >= 0.3 is 0 Å². The average molecular weight is 285 g/mol. The highest BCUT2D eigenvalue weighted by Crippen LogP contribution is 2.25. The van der Waals surface area contributed by atoms with Gasteiger partial charge in [-0.15, -0.1) is 0 Å². The Labute approximate surface area is 126 Å². The predicted molar refractivity (Wildman–Crippen MR) is 84.4 cm³/mol. The van der Waals surface area contributed by atoms with E-state index < -0.39 is 0 Å². The fourth-order valence-corrected chi connectivity index (χ4v) is 2.31. The van der Waals surface area contributed by atoms with Gasteiger partial charge in [0.2, 0.25) is 0 Å². The maximum Gasteiger partial charge on any atom is 0.120 e. The summed E-state index contributed by atoms with van der Waals surface area (Å²) >= 11 is 0. The molecular formula is C17H23N3O. The maximum absolute atomic E-state index is 6.44. The number of nitrogens with two attached hydrogens (primary N) is 1. The number of hydrogen-bond acceptors (Lipinski definition) is 4. The molecule has 112 valence electrons. The Morgan fingerprint density at radius 3 is 2.62 bits per heavy atom. The molecule has 0 aliphatic heterocycles. The number of rotatable bonds is 5. The van der Waals surface area contributed by atoms with Gasteiger partial charge in [0.25, 0.3) is 0 Å². The van der Waals surface area contributed by atoms with Gasteiger partial charge in [-0.2, -0.15) is 10.2 Å². The van der Waals surface area contributed by atoms with E-state index >= 15 is 0 Å². The standard InChI is InChI=1S/C17H23N3O/c1-5-16-15(9-12(4)19-20-16)17(18)13-7-6-8-14(10-13)21-11(2)3/h6-11,17H,5,18H2,1-4H3. The van der Waals surface area contributed by atoms with E-state index in [9.17, 15) is 0 Å². The van der Waals surface area contributed by atoms with Crippen molar-refractivity contribution in [3.8, 4) is 5.75 Å². The summed E-state index contributed by atoms with van der Waals surface area (Å²) in [5.41, 5.74) is 10.3. The van der Waals surface area contributed by atoms with Gasteiger partial charge in [0, 0.05) is 0 Å². The summed E-state index contributed by atoms with van der Waals surface area (Å²) in [6.45, 7) is 8.02. The van der Waals surface area contributed by atoms with E-state index in [-0.39, 0.29) is 12.1 Å². The molecule has 2 N–H and O–H groups in total. The van der Waals surface area contributed by atoms with E-state index in [0.29, 0.717) is 0 Å². The molecule has 1 unspecified atom stereocenters. The van der Waals surface area contributed by atoms with Crippen molar-refractivity contribution in [1.82, 2.24) is 10.2 Å². The highest BCUT2D eigenvalue weighted by molar-refractivity contribution is 5.38. The van der Waals surface area contributed by atoms with Crippen LogP contribution in [0, 0.1) is 6.92 Å².